The van der Waals surface area contributed by atoms with Crippen molar-refractivity contribution in [2.45, 2.75) is 31.2 Å². The Balaban J connectivity index is 1.79. The zero-order valence-electron chi connectivity index (χ0n) is 14.9. The largest absolute Gasteiger partial charge is 0.352 e. The monoisotopic (exact) mass is 378 g/mol. The van der Waals surface area contributed by atoms with Crippen LogP contribution in [0.4, 0.5) is 4.39 Å². The zero-order chi connectivity index (χ0) is 19.2. The van der Waals surface area contributed by atoms with Crippen LogP contribution in [0.1, 0.15) is 24.0 Å². The Kier molecular flexibility index (Phi) is 6.88. The Morgan fingerprint density at radius 2 is 1.85 bits per heavy atom. The number of hydrogen-bond acceptors (Lipinski definition) is 3. The molecule has 1 amide bonds. The van der Waals surface area contributed by atoms with Crippen LogP contribution in [0.25, 0.3) is 0 Å². The molecule has 2 aromatic carbocycles. The number of carbonyl (C=O) groups excluding carboxylic acids is 1. The lowest BCUT2D eigenvalue weighted by Crippen LogP contribution is -2.29. The molecule has 0 radical (unpaired) electrons. The van der Waals surface area contributed by atoms with E-state index in [0.29, 0.717) is 13.0 Å². The average Bonchev–Trinajstić information content (AvgIpc) is 2.60. The summed E-state index contributed by atoms with van der Waals surface area (Å²) in [5.41, 5.74) is 2.15. The molecule has 2 rings (SSSR count). The van der Waals surface area contributed by atoms with E-state index in [4.69, 9.17) is 0 Å². The van der Waals surface area contributed by atoms with Crippen LogP contribution in [0, 0.1) is 12.7 Å². The van der Waals surface area contributed by atoms with Crippen LogP contribution in [0.5, 0.6) is 0 Å². The van der Waals surface area contributed by atoms with E-state index in [-0.39, 0.29) is 23.8 Å². The fraction of sp³-hybridized carbons (Fsp3) is 0.316. The van der Waals surface area contributed by atoms with Gasteiger partial charge in [-0.15, -0.1) is 0 Å². The first-order valence-electron chi connectivity index (χ1n) is 8.33. The van der Waals surface area contributed by atoms with Crippen molar-refractivity contribution in [3.05, 3.63) is 65.5 Å². The van der Waals surface area contributed by atoms with Gasteiger partial charge in [0.15, 0.2) is 0 Å². The molecule has 0 unspecified atom stereocenters. The maximum Gasteiger partial charge on any atom is 0.242 e. The van der Waals surface area contributed by atoms with E-state index in [2.05, 4.69) is 5.32 Å². The van der Waals surface area contributed by atoms with E-state index in [1.165, 1.54) is 23.5 Å². The highest BCUT2D eigenvalue weighted by atomic mass is 32.2. The van der Waals surface area contributed by atoms with Crippen molar-refractivity contribution in [1.82, 2.24) is 9.62 Å². The first-order chi connectivity index (χ1) is 12.3. The lowest BCUT2D eigenvalue weighted by molar-refractivity contribution is -0.121. The van der Waals surface area contributed by atoms with E-state index >= 15 is 0 Å². The van der Waals surface area contributed by atoms with Gasteiger partial charge in [0, 0.05) is 26.6 Å². The third-order valence-electron chi connectivity index (χ3n) is 3.97. The Morgan fingerprint density at radius 1 is 1.15 bits per heavy atom. The Hall–Kier alpha value is -2.25. The standard InChI is InChI=1S/C19H23FN2O3S/c1-15-5-3-6-16(13-15)14-21-19(23)7-4-12-22(2)26(24,25)18-10-8-17(20)9-11-18/h3,5-6,8-11,13H,4,7,12,14H2,1-2H3,(H,21,23). The summed E-state index contributed by atoms with van der Waals surface area (Å²) in [6.45, 7) is 2.64. The van der Waals surface area contributed by atoms with Crippen LogP contribution in [-0.4, -0.2) is 32.2 Å². The number of nitrogens with one attached hydrogen (secondary N) is 1. The third-order valence-corrected chi connectivity index (χ3v) is 5.84. The Labute approximate surface area is 153 Å². The number of hydrogen-bond donors (Lipinski definition) is 1. The second-order valence-corrected chi connectivity index (χ2v) is 8.19. The molecule has 5 nitrogen and oxygen atoms in total. The molecule has 26 heavy (non-hydrogen) atoms. The van der Waals surface area contributed by atoms with Crippen molar-refractivity contribution < 1.29 is 17.6 Å². The summed E-state index contributed by atoms with van der Waals surface area (Å²) in [6, 6.07) is 12.6. The fourth-order valence-corrected chi connectivity index (χ4v) is 3.69. The van der Waals surface area contributed by atoms with E-state index < -0.39 is 15.8 Å². The molecule has 0 bridgehead atoms. The summed E-state index contributed by atoms with van der Waals surface area (Å²) in [4.78, 5) is 12.0. The minimum Gasteiger partial charge on any atom is -0.352 e. The van der Waals surface area contributed by atoms with Gasteiger partial charge in [-0.2, -0.15) is 0 Å². The summed E-state index contributed by atoms with van der Waals surface area (Å²) < 4.78 is 38.8. The van der Waals surface area contributed by atoms with Gasteiger partial charge in [0.2, 0.25) is 15.9 Å². The number of benzene rings is 2. The second kappa shape index (κ2) is 8.91. The van der Waals surface area contributed by atoms with Crippen molar-refractivity contribution in [1.29, 1.82) is 0 Å². The molecule has 0 atom stereocenters. The summed E-state index contributed by atoms with van der Waals surface area (Å²) >= 11 is 0. The topological polar surface area (TPSA) is 66.5 Å². The molecule has 140 valence electrons. The highest BCUT2D eigenvalue weighted by Crippen LogP contribution is 2.15. The molecule has 0 heterocycles. The minimum absolute atomic E-state index is 0.0327. The second-order valence-electron chi connectivity index (χ2n) is 6.15. The van der Waals surface area contributed by atoms with Gasteiger partial charge in [-0.1, -0.05) is 29.8 Å². The Morgan fingerprint density at radius 3 is 2.50 bits per heavy atom. The lowest BCUT2D eigenvalue weighted by atomic mass is 10.1. The molecule has 7 heteroatoms. The first-order valence-corrected chi connectivity index (χ1v) is 9.77. The molecular weight excluding hydrogens is 355 g/mol. The molecule has 0 spiro atoms. The van der Waals surface area contributed by atoms with Crippen LogP contribution in [0.2, 0.25) is 0 Å². The molecule has 1 N–H and O–H groups in total. The molecule has 0 aliphatic rings. The van der Waals surface area contributed by atoms with Gasteiger partial charge < -0.3 is 5.32 Å². The van der Waals surface area contributed by atoms with Crippen LogP contribution in [-0.2, 0) is 21.4 Å². The van der Waals surface area contributed by atoms with Crippen LogP contribution >= 0.6 is 0 Å². The van der Waals surface area contributed by atoms with Crippen LogP contribution < -0.4 is 5.32 Å². The van der Waals surface area contributed by atoms with Crippen LogP contribution in [0.15, 0.2) is 53.4 Å². The van der Waals surface area contributed by atoms with E-state index in [9.17, 15) is 17.6 Å². The van der Waals surface area contributed by atoms with Gasteiger partial charge in [-0.25, -0.2) is 17.1 Å². The van der Waals surface area contributed by atoms with Gasteiger partial charge in [0.1, 0.15) is 5.82 Å². The van der Waals surface area contributed by atoms with Crippen molar-refractivity contribution in [2.75, 3.05) is 13.6 Å². The van der Waals surface area contributed by atoms with Crippen molar-refractivity contribution in [3.63, 3.8) is 0 Å². The summed E-state index contributed by atoms with van der Waals surface area (Å²) in [7, 11) is -2.23. The van der Waals surface area contributed by atoms with E-state index in [0.717, 1.165) is 23.3 Å². The summed E-state index contributed by atoms with van der Waals surface area (Å²) in [5.74, 6) is -0.615. The quantitative estimate of drug-likeness (QED) is 0.768. The number of carbonyl (C=O) groups is 1. The number of sulfonamides is 1. The molecule has 0 fully saturated rings. The van der Waals surface area contributed by atoms with E-state index in [1.54, 1.807) is 0 Å². The molecule has 0 aliphatic carbocycles. The van der Waals surface area contributed by atoms with Gasteiger partial charge in [0.25, 0.3) is 0 Å². The number of amides is 1. The normalized spacial score (nSPS) is 11.5. The molecule has 0 aliphatic heterocycles. The number of nitrogens with zero attached hydrogens (tertiary/aromatic N) is 1. The molecule has 0 saturated heterocycles. The number of rotatable bonds is 8. The molecule has 2 aromatic rings. The Bertz CT molecular complexity index is 851. The highest BCUT2D eigenvalue weighted by molar-refractivity contribution is 7.89. The minimum atomic E-state index is -3.68. The maximum absolute atomic E-state index is 12.9. The number of halogens is 1. The van der Waals surface area contributed by atoms with Crippen molar-refractivity contribution in [2.24, 2.45) is 0 Å². The third kappa shape index (κ3) is 5.64. The van der Waals surface area contributed by atoms with Gasteiger partial charge in [-0.05, 0) is 43.2 Å². The fourth-order valence-electron chi connectivity index (χ4n) is 2.48. The SMILES string of the molecule is Cc1cccc(CNC(=O)CCCN(C)S(=O)(=O)c2ccc(F)cc2)c1. The summed E-state index contributed by atoms with van der Waals surface area (Å²) in [5, 5.41) is 2.83. The van der Waals surface area contributed by atoms with Gasteiger partial charge in [0.05, 0.1) is 4.90 Å². The van der Waals surface area contributed by atoms with Crippen molar-refractivity contribution >= 4 is 15.9 Å². The predicted molar refractivity (Wildman–Crippen MR) is 98.5 cm³/mol. The van der Waals surface area contributed by atoms with Gasteiger partial charge in [-0.3, -0.25) is 4.79 Å². The van der Waals surface area contributed by atoms with E-state index in [1.807, 2.05) is 31.2 Å². The molecule has 0 saturated carbocycles. The smallest absolute Gasteiger partial charge is 0.242 e. The zero-order valence-corrected chi connectivity index (χ0v) is 15.7. The van der Waals surface area contributed by atoms with Gasteiger partial charge >= 0.3 is 0 Å². The summed E-state index contributed by atoms with van der Waals surface area (Å²) in [6.07, 6.45) is 0.631. The lowest BCUT2D eigenvalue weighted by Gasteiger charge is -2.17. The maximum atomic E-state index is 12.9. The highest BCUT2D eigenvalue weighted by Gasteiger charge is 2.20. The first kappa shape index (κ1) is 20.1. The molecule has 0 aromatic heterocycles. The predicted octanol–water partition coefficient (Wildman–Crippen LogP) is 2.85. The average molecular weight is 378 g/mol. The van der Waals surface area contributed by atoms with Crippen molar-refractivity contribution in [3.8, 4) is 0 Å². The molecular formula is C19H23FN2O3S. The number of aryl methyl sites for hydroxylation is 1. The van der Waals surface area contributed by atoms with Crippen LogP contribution in [0.3, 0.4) is 0 Å².